The van der Waals surface area contributed by atoms with Gasteiger partial charge in [0.25, 0.3) is 5.56 Å². The van der Waals surface area contributed by atoms with E-state index < -0.39 is 0 Å². The molecule has 1 fully saturated rings. The first-order valence-electron chi connectivity index (χ1n) is 6.43. The molecule has 6 heteroatoms. The highest BCUT2D eigenvalue weighted by molar-refractivity contribution is 6.32. The summed E-state index contributed by atoms with van der Waals surface area (Å²) in [7, 11) is 0. The summed E-state index contributed by atoms with van der Waals surface area (Å²) in [5.74, 6) is 1.75. The van der Waals surface area contributed by atoms with Crippen LogP contribution in [0.2, 0.25) is 5.02 Å². The van der Waals surface area contributed by atoms with Crippen LogP contribution in [0.4, 0.5) is 0 Å². The third kappa shape index (κ3) is 2.84. The average molecular weight is 292 g/mol. The third-order valence-corrected chi connectivity index (χ3v) is 3.44. The molecule has 2 aromatic rings. The van der Waals surface area contributed by atoms with Crippen LogP contribution in [0.25, 0.3) is 0 Å². The number of hydrogen-bond donors (Lipinski definition) is 2. The van der Waals surface area contributed by atoms with Gasteiger partial charge in [-0.3, -0.25) is 4.79 Å². The molecule has 0 bridgehead atoms. The van der Waals surface area contributed by atoms with Gasteiger partial charge in [-0.25, -0.2) is 0 Å². The van der Waals surface area contributed by atoms with Crippen LogP contribution in [-0.4, -0.2) is 9.97 Å². The molecule has 1 aliphatic rings. The quantitative estimate of drug-likeness (QED) is 0.907. The van der Waals surface area contributed by atoms with E-state index in [-0.39, 0.29) is 11.4 Å². The standard InChI is InChI=1S/C14H14ClN3O2/c15-10-5-8(7-16)1-4-11(10)20-13-6-12(19)17-14(18-13)9-2-3-9/h1,4-6,9H,2-3,7,16H2,(H,17,18,19). The van der Waals surface area contributed by atoms with Gasteiger partial charge >= 0.3 is 0 Å². The van der Waals surface area contributed by atoms with Crippen LogP contribution in [-0.2, 0) is 6.54 Å². The largest absolute Gasteiger partial charge is 0.437 e. The third-order valence-electron chi connectivity index (χ3n) is 3.15. The predicted molar refractivity (Wildman–Crippen MR) is 76.3 cm³/mol. The van der Waals surface area contributed by atoms with Crippen LogP contribution in [0.3, 0.4) is 0 Å². The number of nitrogens with zero attached hydrogens (tertiary/aromatic N) is 1. The number of hydrogen-bond acceptors (Lipinski definition) is 4. The molecule has 0 radical (unpaired) electrons. The van der Waals surface area contributed by atoms with Crippen molar-refractivity contribution in [2.75, 3.05) is 0 Å². The van der Waals surface area contributed by atoms with E-state index in [2.05, 4.69) is 9.97 Å². The Bertz CT molecular complexity index is 695. The van der Waals surface area contributed by atoms with E-state index in [1.54, 1.807) is 12.1 Å². The molecule has 0 amide bonds. The van der Waals surface area contributed by atoms with Gasteiger partial charge in [-0.1, -0.05) is 17.7 Å². The van der Waals surface area contributed by atoms with Crippen LogP contribution in [0.15, 0.2) is 29.1 Å². The fourth-order valence-corrected chi connectivity index (χ4v) is 2.16. The Morgan fingerprint density at radius 2 is 2.20 bits per heavy atom. The van der Waals surface area contributed by atoms with E-state index in [0.717, 1.165) is 18.4 Å². The topological polar surface area (TPSA) is 81.0 Å². The van der Waals surface area contributed by atoms with Crippen LogP contribution in [0.5, 0.6) is 11.6 Å². The van der Waals surface area contributed by atoms with Crippen molar-refractivity contribution in [1.29, 1.82) is 0 Å². The van der Waals surface area contributed by atoms with Crippen molar-refractivity contribution >= 4 is 11.6 Å². The molecule has 20 heavy (non-hydrogen) atoms. The molecular weight excluding hydrogens is 278 g/mol. The Morgan fingerprint density at radius 1 is 1.40 bits per heavy atom. The molecule has 0 spiro atoms. The lowest BCUT2D eigenvalue weighted by Gasteiger charge is -2.08. The lowest BCUT2D eigenvalue weighted by Crippen LogP contribution is -2.10. The zero-order valence-electron chi connectivity index (χ0n) is 10.7. The molecule has 1 aromatic heterocycles. The van der Waals surface area contributed by atoms with Crippen LogP contribution in [0, 0.1) is 0 Å². The highest BCUT2D eigenvalue weighted by Crippen LogP contribution is 2.38. The molecule has 0 saturated heterocycles. The predicted octanol–water partition coefficient (Wildman–Crippen LogP) is 2.55. The number of rotatable bonds is 4. The Kier molecular flexibility index (Phi) is 3.46. The van der Waals surface area contributed by atoms with Crippen molar-refractivity contribution in [2.45, 2.75) is 25.3 Å². The van der Waals surface area contributed by atoms with Gasteiger partial charge in [0.05, 0.1) is 11.1 Å². The minimum Gasteiger partial charge on any atom is -0.437 e. The molecule has 0 aliphatic heterocycles. The number of ether oxygens (including phenoxy) is 1. The Balaban J connectivity index is 1.89. The van der Waals surface area contributed by atoms with E-state index in [0.29, 0.717) is 29.1 Å². The molecular formula is C14H14ClN3O2. The summed E-state index contributed by atoms with van der Waals surface area (Å²) < 4.78 is 5.60. The zero-order valence-corrected chi connectivity index (χ0v) is 11.5. The van der Waals surface area contributed by atoms with E-state index in [1.165, 1.54) is 6.07 Å². The van der Waals surface area contributed by atoms with Crippen molar-refractivity contribution < 1.29 is 4.74 Å². The molecule has 5 nitrogen and oxygen atoms in total. The molecule has 1 aromatic carbocycles. The van der Waals surface area contributed by atoms with Gasteiger partial charge in [0.1, 0.15) is 11.6 Å². The number of H-pyrrole nitrogens is 1. The number of benzene rings is 1. The van der Waals surface area contributed by atoms with Gasteiger partial charge in [-0.05, 0) is 30.5 Å². The number of nitrogens with two attached hydrogens (primary N) is 1. The molecule has 1 saturated carbocycles. The first-order chi connectivity index (χ1) is 9.65. The Hall–Kier alpha value is -1.85. The molecule has 0 unspecified atom stereocenters. The summed E-state index contributed by atoms with van der Waals surface area (Å²) in [6.07, 6.45) is 2.11. The average Bonchev–Trinajstić information content (AvgIpc) is 3.25. The summed E-state index contributed by atoms with van der Waals surface area (Å²) in [6, 6.07) is 6.62. The fourth-order valence-electron chi connectivity index (χ4n) is 1.92. The minimum atomic E-state index is -0.216. The highest BCUT2D eigenvalue weighted by atomic mass is 35.5. The maximum Gasteiger partial charge on any atom is 0.254 e. The second kappa shape index (κ2) is 5.26. The monoisotopic (exact) mass is 291 g/mol. The normalized spacial score (nSPS) is 14.3. The summed E-state index contributed by atoms with van der Waals surface area (Å²) in [4.78, 5) is 18.6. The molecule has 3 rings (SSSR count). The SMILES string of the molecule is NCc1ccc(Oc2cc(=O)[nH]c(C3CC3)n2)c(Cl)c1. The van der Waals surface area contributed by atoms with Crippen LogP contribution >= 0.6 is 11.6 Å². The molecule has 1 aliphatic carbocycles. The number of halogens is 1. The van der Waals surface area contributed by atoms with E-state index in [9.17, 15) is 4.79 Å². The zero-order chi connectivity index (χ0) is 14.1. The van der Waals surface area contributed by atoms with Gasteiger partial charge < -0.3 is 15.5 Å². The molecule has 3 N–H and O–H groups in total. The first kappa shape index (κ1) is 13.1. The number of nitrogens with one attached hydrogen (secondary N) is 1. The Morgan fingerprint density at radius 3 is 2.85 bits per heavy atom. The number of aromatic amines is 1. The maximum atomic E-state index is 11.6. The molecule has 1 heterocycles. The summed E-state index contributed by atoms with van der Waals surface area (Å²) >= 11 is 6.12. The molecule has 0 atom stereocenters. The van der Waals surface area contributed by atoms with Gasteiger partial charge in [-0.15, -0.1) is 0 Å². The van der Waals surface area contributed by atoms with Gasteiger partial charge in [0.2, 0.25) is 5.88 Å². The van der Waals surface area contributed by atoms with Gasteiger partial charge in [0, 0.05) is 12.5 Å². The minimum absolute atomic E-state index is 0.216. The van der Waals surface area contributed by atoms with Crippen LogP contribution in [0.1, 0.15) is 30.1 Å². The fraction of sp³-hybridized carbons (Fsp3) is 0.286. The second-order valence-corrected chi connectivity index (χ2v) is 5.22. The Labute approximate surface area is 120 Å². The van der Waals surface area contributed by atoms with Gasteiger partial charge in [0.15, 0.2) is 0 Å². The van der Waals surface area contributed by atoms with Crippen LogP contribution < -0.4 is 16.0 Å². The summed E-state index contributed by atoms with van der Waals surface area (Å²) in [5.41, 5.74) is 6.24. The summed E-state index contributed by atoms with van der Waals surface area (Å²) in [6.45, 7) is 0.412. The molecule has 104 valence electrons. The lowest BCUT2D eigenvalue weighted by atomic mass is 10.2. The smallest absolute Gasteiger partial charge is 0.254 e. The van der Waals surface area contributed by atoms with Crippen molar-refractivity contribution in [3.63, 3.8) is 0 Å². The van der Waals surface area contributed by atoms with Crippen molar-refractivity contribution in [3.05, 3.63) is 51.0 Å². The lowest BCUT2D eigenvalue weighted by molar-refractivity contribution is 0.457. The van der Waals surface area contributed by atoms with Gasteiger partial charge in [-0.2, -0.15) is 4.98 Å². The van der Waals surface area contributed by atoms with E-state index >= 15 is 0 Å². The second-order valence-electron chi connectivity index (χ2n) is 4.81. The first-order valence-corrected chi connectivity index (χ1v) is 6.81. The van der Waals surface area contributed by atoms with Crippen molar-refractivity contribution in [3.8, 4) is 11.6 Å². The maximum absolute atomic E-state index is 11.6. The summed E-state index contributed by atoms with van der Waals surface area (Å²) in [5, 5.41) is 0.447. The highest BCUT2D eigenvalue weighted by Gasteiger charge is 2.26. The van der Waals surface area contributed by atoms with Crippen molar-refractivity contribution in [2.24, 2.45) is 5.73 Å². The van der Waals surface area contributed by atoms with E-state index in [4.69, 9.17) is 22.1 Å². The number of aromatic nitrogens is 2. The van der Waals surface area contributed by atoms with Crippen molar-refractivity contribution in [1.82, 2.24) is 9.97 Å². The van der Waals surface area contributed by atoms with E-state index in [1.807, 2.05) is 6.07 Å².